The van der Waals surface area contributed by atoms with Crippen molar-refractivity contribution in [2.24, 2.45) is 0 Å². The van der Waals surface area contributed by atoms with Crippen LogP contribution in [0.4, 0.5) is 5.69 Å². The summed E-state index contributed by atoms with van der Waals surface area (Å²) in [6.45, 7) is 0.259. The zero-order valence-corrected chi connectivity index (χ0v) is 15.4. The lowest BCUT2D eigenvalue weighted by Gasteiger charge is -2.04. The highest BCUT2D eigenvalue weighted by molar-refractivity contribution is 14.1. The van der Waals surface area contributed by atoms with E-state index in [1.807, 2.05) is 24.3 Å². The summed E-state index contributed by atoms with van der Waals surface area (Å²) in [6, 6.07) is 17.9. The number of anilines is 1. The van der Waals surface area contributed by atoms with E-state index in [4.69, 9.17) is 20.8 Å². The first-order chi connectivity index (χ1) is 11.6. The summed E-state index contributed by atoms with van der Waals surface area (Å²) in [5, 5.41) is 3.36. The molecule has 0 saturated heterocycles. The van der Waals surface area contributed by atoms with E-state index in [9.17, 15) is 4.79 Å². The van der Waals surface area contributed by atoms with Crippen LogP contribution in [-0.4, -0.2) is 5.91 Å². The minimum atomic E-state index is -0.321. The third-order valence-electron chi connectivity index (χ3n) is 3.18. The van der Waals surface area contributed by atoms with E-state index in [-0.39, 0.29) is 18.3 Å². The molecule has 0 bridgehead atoms. The number of furan rings is 1. The Kier molecular flexibility index (Phi) is 5.42. The Hall–Kier alpha value is -1.99. The Morgan fingerprint density at radius 1 is 1.04 bits per heavy atom. The van der Waals surface area contributed by atoms with Crippen molar-refractivity contribution < 1.29 is 13.9 Å². The fourth-order valence-electron chi connectivity index (χ4n) is 1.99. The molecule has 1 aromatic heterocycles. The normalized spacial score (nSPS) is 10.4. The number of ether oxygens (including phenoxy) is 1. The number of halogens is 2. The number of benzene rings is 2. The predicted octanol–water partition coefficient (Wildman–Crippen LogP) is 5.37. The van der Waals surface area contributed by atoms with Gasteiger partial charge < -0.3 is 14.5 Å². The van der Waals surface area contributed by atoms with Crippen molar-refractivity contribution in [3.63, 3.8) is 0 Å². The molecule has 0 aliphatic heterocycles. The Morgan fingerprint density at radius 2 is 1.75 bits per heavy atom. The number of hydrogen-bond acceptors (Lipinski definition) is 3. The molecule has 2 aromatic carbocycles. The Bertz CT molecular complexity index is 828. The molecule has 0 atom stereocenters. The first kappa shape index (κ1) is 16.9. The van der Waals surface area contributed by atoms with Crippen molar-refractivity contribution in [2.45, 2.75) is 6.61 Å². The van der Waals surface area contributed by atoms with Crippen LogP contribution < -0.4 is 10.1 Å². The molecule has 0 aliphatic rings. The minimum Gasteiger partial charge on any atom is -0.486 e. The lowest BCUT2D eigenvalue weighted by atomic mass is 10.3. The van der Waals surface area contributed by atoms with Gasteiger partial charge in [-0.1, -0.05) is 11.6 Å². The second-order valence-electron chi connectivity index (χ2n) is 4.97. The van der Waals surface area contributed by atoms with Gasteiger partial charge in [-0.15, -0.1) is 0 Å². The molecule has 1 N–H and O–H groups in total. The van der Waals surface area contributed by atoms with Crippen LogP contribution in [0.2, 0.25) is 5.02 Å². The summed E-state index contributed by atoms with van der Waals surface area (Å²) in [5.41, 5.74) is 0.650. The standard InChI is InChI=1S/C18H13ClINO3/c19-12-1-5-14(6-2-12)21-18(22)17-10-9-16(24-17)11-23-15-7-3-13(20)4-8-15/h1-10H,11H2,(H,21,22). The molecule has 0 aliphatic carbocycles. The molecule has 1 amide bonds. The van der Waals surface area contributed by atoms with Gasteiger partial charge in [-0.3, -0.25) is 4.79 Å². The molecule has 0 fully saturated rings. The number of carbonyl (C=O) groups is 1. The Balaban J connectivity index is 1.59. The predicted molar refractivity (Wildman–Crippen MR) is 102 cm³/mol. The molecular formula is C18H13ClINO3. The van der Waals surface area contributed by atoms with Gasteiger partial charge in [0.2, 0.25) is 0 Å². The van der Waals surface area contributed by atoms with Gasteiger partial charge in [-0.05, 0) is 83.3 Å². The highest BCUT2D eigenvalue weighted by atomic mass is 127. The molecule has 6 heteroatoms. The zero-order chi connectivity index (χ0) is 16.9. The smallest absolute Gasteiger partial charge is 0.291 e. The fourth-order valence-corrected chi connectivity index (χ4v) is 2.47. The Morgan fingerprint density at radius 3 is 2.46 bits per heavy atom. The average Bonchev–Trinajstić information content (AvgIpc) is 3.06. The van der Waals surface area contributed by atoms with Crippen molar-refractivity contribution >= 4 is 45.8 Å². The fraction of sp³-hybridized carbons (Fsp3) is 0.0556. The van der Waals surface area contributed by atoms with Gasteiger partial charge in [0.25, 0.3) is 5.91 Å². The largest absolute Gasteiger partial charge is 0.486 e. The number of carbonyl (C=O) groups excluding carboxylic acids is 1. The van der Waals surface area contributed by atoms with Crippen molar-refractivity contribution in [1.29, 1.82) is 0 Å². The molecule has 4 nitrogen and oxygen atoms in total. The van der Waals surface area contributed by atoms with Crippen LogP contribution in [0, 0.1) is 3.57 Å². The SMILES string of the molecule is O=C(Nc1ccc(Cl)cc1)c1ccc(COc2ccc(I)cc2)o1. The van der Waals surface area contributed by atoms with Crippen LogP contribution in [-0.2, 0) is 6.61 Å². The van der Waals surface area contributed by atoms with Crippen LogP contribution in [0.25, 0.3) is 0 Å². The third-order valence-corrected chi connectivity index (χ3v) is 4.15. The van der Waals surface area contributed by atoms with E-state index in [1.165, 1.54) is 0 Å². The number of amides is 1. The molecule has 24 heavy (non-hydrogen) atoms. The molecular weight excluding hydrogens is 441 g/mol. The second-order valence-corrected chi connectivity index (χ2v) is 6.65. The maximum atomic E-state index is 12.1. The molecule has 0 unspecified atom stereocenters. The summed E-state index contributed by atoms with van der Waals surface area (Å²) in [4.78, 5) is 12.1. The summed E-state index contributed by atoms with van der Waals surface area (Å²) in [7, 11) is 0. The average molecular weight is 454 g/mol. The van der Waals surface area contributed by atoms with Crippen LogP contribution in [0.5, 0.6) is 5.75 Å². The van der Waals surface area contributed by atoms with Crippen molar-refractivity contribution in [3.05, 3.63) is 80.8 Å². The van der Waals surface area contributed by atoms with Crippen LogP contribution in [0.1, 0.15) is 16.3 Å². The van der Waals surface area contributed by atoms with E-state index in [2.05, 4.69) is 27.9 Å². The maximum absolute atomic E-state index is 12.1. The van der Waals surface area contributed by atoms with Crippen LogP contribution >= 0.6 is 34.2 Å². The first-order valence-electron chi connectivity index (χ1n) is 7.14. The van der Waals surface area contributed by atoms with Crippen molar-refractivity contribution in [2.75, 3.05) is 5.32 Å². The number of nitrogens with one attached hydrogen (secondary N) is 1. The van der Waals surface area contributed by atoms with Crippen molar-refractivity contribution in [3.8, 4) is 5.75 Å². The quantitative estimate of drug-likeness (QED) is 0.529. The lowest BCUT2D eigenvalue weighted by molar-refractivity contribution is 0.0992. The Labute approximate surface area is 157 Å². The molecule has 0 radical (unpaired) electrons. The monoisotopic (exact) mass is 453 g/mol. The third kappa shape index (κ3) is 4.52. The van der Waals surface area contributed by atoms with Gasteiger partial charge in [0.1, 0.15) is 18.1 Å². The van der Waals surface area contributed by atoms with E-state index >= 15 is 0 Å². The molecule has 0 spiro atoms. The second kappa shape index (κ2) is 7.72. The van der Waals surface area contributed by atoms with Gasteiger partial charge in [0.05, 0.1) is 0 Å². The van der Waals surface area contributed by atoms with E-state index in [1.54, 1.807) is 36.4 Å². The first-order valence-corrected chi connectivity index (χ1v) is 8.60. The molecule has 3 rings (SSSR count). The van der Waals surface area contributed by atoms with Gasteiger partial charge in [-0.25, -0.2) is 0 Å². The molecule has 122 valence electrons. The highest BCUT2D eigenvalue weighted by Gasteiger charge is 2.12. The number of hydrogen-bond donors (Lipinski definition) is 1. The number of rotatable bonds is 5. The molecule has 0 saturated carbocycles. The van der Waals surface area contributed by atoms with Gasteiger partial charge >= 0.3 is 0 Å². The van der Waals surface area contributed by atoms with Gasteiger partial charge in [0, 0.05) is 14.3 Å². The summed E-state index contributed by atoms with van der Waals surface area (Å²) in [6.07, 6.45) is 0. The lowest BCUT2D eigenvalue weighted by Crippen LogP contribution is -2.10. The molecule has 1 heterocycles. The zero-order valence-electron chi connectivity index (χ0n) is 12.5. The van der Waals surface area contributed by atoms with Crippen LogP contribution in [0.3, 0.4) is 0 Å². The summed E-state index contributed by atoms with van der Waals surface area (Å²) < 4.78 is 12.3. The van der Waals surface area contributed by atoms with Gasteiger partial charge in [0.15, 0.2) is 5.76 Å². The minimum absolute atomic E-state index is 0.228. The van der Waals surface area contributed by atoms with E-state index in [0.29, 0.717) is 16.5 Å². The van der Waals surface area contributed by atoms with E-state index in [0.717, 1.165) is 9.32 Å². The summed E-state index contributed by atoms with van der Waals surface area (Å²) in [5.74, 6) is 1.23. The van der Waals surface area contributed by atoms with Crippen molar-refractivity contribution in [1.82, 2.24) is 0 Å². The van der Waals surface area contributed by atoms with E-state index < -0.39 is 0 Å². The maximum Gasteiger partial charge on any atom is 0.291 e. The topological polar surface area (TPSA) is 51.5 Å². The van der Waals surface area contributed by atoms with Crippen LogP contribution in [0.15, 0.2) is 65.1 Å². The summed E-state index contributed by atoms with van der Waals surface area (Å²) >= 11 is 8.05. The van der Waals surface area contributed by atoms with Gasteiger partial charge in [-0.2, -0.15) is 0 Å². The molecule has 3 aromatic rings. The highest BCUT2D eigenvalue weighted by Crippen LogP contribution is 2.18.